The number of ether oxygens (including phenoxy) is 1. The normalized spacial score (nSPS) is 36.8. The van der Waals surface area contributed by atoms with E-state index >= 15 is 0 Å². The van der Waals surface area contributed by atoms with Crippen molar-refractivity contribution in [3.8, 4) is 0 Å². The van der Waals surface area contributed by atoms with E-state index in [1.54, 1.807) is 0 Å². The number of esters is 1. The van der Waals surface area contributed by atoms with Crippen molar-refractivity contribution < 1.29 is 19.4 Å². The Balaban J connectivity index is 1.58. The number of nitrogens with zero attached hydrogens (tertiary/aromatic N) is 2. The summed E-state index contributed by atoms with van der Waals surface area (Å²) in [5.74, 6) is 0.00533. The largest absolute Gasteiger partial charge is 0.461 e. The molecular formula is C35H54N2O4. The molecule has 8 atom stereocenters. The molecule has 41 heavy (non-hydrogen) atoms. The number of carbonyl (C=O) groups excluding carboxylic acids is 2. The first kappa shape index (κ1) is 31.7. The number of rotatable bonds is 10. The predicted octanol–water partition coefficient (Wildman–Crippen LogP) is 6.26. The third kappa shape index (κ3) is 5.51. The fourth-order valence-corrected chi connectivity index (χ4v) is 8.82. The molecule has 0 amide bonds. The zero-order valence-electron chi connectivity index (χ0n) is 26.6. The fourth-order valence-electron chi connectivity index (χ4n) is 8.82. The van der Waals surface area contributed by atoms with E-state index in [9.17, 15) is 14.7 Å². The van der Waals surface area contributed by atoms with E-state index in [2.05, 4.69) is 82.2 Å². The van der Waals surface area contributed by atoms with E-state index < -0.39 is 23.0 Å². The first-order valence-corrected chi connectivity index (χ1v) is 16.0. The van der Waals surface area contributed by atoms with Gasteiger partial charge >= 0.3 is 5.97 Å². The summed E-state index contributed by atoms with van der Waals surface area (Å²) in [6.07, 6.45) is 4.45. The highest BCUT2D eigenvalue weighted by atomic mass is 16.5. The summed E-state index contributed by atoms with van der Waals surface area (Å²) in [5.41, 5.74) is 0.993. The van der Waals surface area contributed by atoms with Crippen LogP contribution in [0, 0.1) is 34.0 Å². The SMILES string of the molecule is C=C[C@]1(C)C[C@@H](OC(=O)CN(CC)Cc2ccc(N(CC)CC)cc2)[C@@]2(C)C3C(=O)CC[C@@]3(CC[C@H]2C)[C@@H](C)[C@@H]1O. The third-order valence-corrected chi connectivity index (χ3v) is 11.8. The lowest BCUT2D eigenvalue weighted by Gasteiger charge is -2.61. The van der Waals surface area contributed by atoms with Crippen molar-refractivity contribution >= 4 is 17.4 Å². The maximum Gasteiger partial charge on any atom is 0.320 e. The number of Topliss-reactive ketones (excluding diaryl/α,β-unsaturated/α-hetero) is 1. The van der Waals surface area contributed by atoms with Gasteiger partial charge in [-0.1, -0.05) is 52.8 Å². The molecule has 0 radical (unpaired) electrons. The lowest BCUT2D eigenvalue weighted by atomic mass is 9.44. The van der Waals surface area contributed by atoms with Crippen molar-refractivity contribution in [3.63, 3.8) is 0 Å². The van der Waals surface area contributed by atoms with Gasteiger partial charge < -0.3 is 14.7 Å². The molecule has 2 bridgehead atoms. The monoisotopic (exact) mass is 566 g/mol. The summed E-state index contributed by atoms with van der Waals surface area (Å²) < 4.78 is 6.47. The van der Waals surface area contributed by atoms with E-state index in [0.29, 0.717) is 19.4 Å². The Morgan fingerprint density at radius 2 is 1.76 bits per heavy atom. The minimum atomic E-state index is -0.654. The number of benzene rings is 1. The van der Waals surface area contributed by atoms with E-state index in [1.807, 2.05) is 13.0 Å². The molecule has 6 heteroatoms. The van der Waals surface area contributed by atoms with Crippen LogP contribution in [-0.4, -0.2) is 60.1 Å². The van der Waals surface area contributed by atoms with Crippen molar-refractivity contribution in [1.29, 1.82) is 0 Å². The van der Waals surface area contributed by atoms with Gasteiger partial charge in [-0.15, -0.1) is 6.58 Å². The van der Waals surface area contributed by atoms with Crippen LogP contribution in [0.5, 0.6) is 0 Å². The zero-order chi connectivity index (χ0) is 30.2. The maximum absolute atomic E-state index is 13.7. The summed E-state index contributed by atoms with van der Waals surface area (Å²) in [4.78, 5) is 31.7. The van der Waals surface area contributed by atoms with Gasteiger partial charge in [0, 0.05) is 48.5 Å². The summed E-state index contributed by atoms with van der Waals surface area (Å²) in [7, 11) is 0. The summed E-state index contributed by atoms with van der Waals surface area (Å²) >= 11 is 0. The molecule has 1 aromatic rings. The Hall–Kier alpha value is -2.18. The molecule has 228 valence electrons. The van der Waals surface area contributed by atoms with Gasteiger partial charge in [0.1, 0.15) is 11.9 Å². The molecule has 3 aliphatic carbocycles. The highest BCUT2D eigenvalue weighted by molar-refractivity contribution is 5.85. The van der Waals surface area contributed by atoms with Gasteiger partial charge in [0.05, 0.1) is 12.6 Å². The molecular weight excluding hydrogens is 512 g/mol. The van der Waals surface area contributed by atoms with E-state index in [-0.39, 0.29) is 41.5 Å². The first-order valence-electron chi connectivity index (χ1n) is 16.0. The van der Waals surface area contributed by atoms with E-state index in [0.717, 1.165) is 44.5 Å². The number of aliphatic hydroxyl groups excluding tert-OH is 1. The number of aliphatic hydroxyl groups is 1. The van der Waals surface area contributed by atoms with Crippen molar-refractivity contribution in [2.75, 3.05) is 31.1 Å². The lowest BCUT2D eigenvalue weighted by Crippen LogP contribution is -2.63. The number of hydrogen-bond acceptors (Lipinski definition) is 6. The predicted molar refractivity (Wildman–Crippen MR) is 166 cm³/mol. The van der Waals surface area contributed by atoms with Crippen LogP contribution in [-0.2, 0) is 20.9 Å². The van der Waals surface area contributed by atoms with Gasteiger partial charge in [-0.05, 0) is 81.0 Å². The number of anilines is 1. The molecule has 6 nitrogen and oxygen atoms in total. The smallest absolute Gasteiger partial charge is 0.320 e. The molecule has 4 rings (SSSR count). The number of likely N-dealkylation sites (N-methyl/N-ethyl adjacent to an activating group) is 1. The molecule has 3 saturated carbocycles. The Kier molecular flexibility index (Phi) is 9.45. The molecule has 1 unspecified atom stereocenters. The number of ketones is 1. The average molecular weight is 567 g/mol. The molecule has 0 spiro atoms. The van der Waals surface area contributed by atoms with Gasteiger partial charge in [0.15, 0.2) is 0 Å². The van der Waals surface area contributed by atoms with Crippen molar-refractivity contribution in [3.05, 3.63) is 42.5 Å². The summed E-state index contributed by atoms with van der Waals surface area (Å²) in [6.45, 7) is 22.6. The highest BCUT2D eigenvalue weighted by Gasteiger charge is 2.68. The second kappa shape index (κ2) is 12.2. The van der Waals surface area contributed by atoms with Crippen molar-refractivity contribution in [2.45, 2.75) is 99.3 Å². The second-order valence-electron chi connectivity index (χ2n) is 13.7. The number of carbonyl (C=O) groups is 2. The second-order valence-corrected chi connectivity index (χ2v) is 13.7. The van der Waals surface area contributed by atoms with Crippen LogP contribution in [0.1, 0.15) is 86.1 Å². The van der Waals surface area contributed by atoms with Crippen molar-refractivity contribution in [1.82, 2.24) is 4.90 Å². The van der Waals surface area contributed by atoms with Crippen LogP contribution in [0.3, 0.4) is 0 Å². The molecule has 0 saturated heterocycles. The van der Waals surface area contributed by atoms with Gasteiger partial charge in [0.2, 0.25) is 0 Å². The molecule has 0 aromatic heterocycles. The van der Waals surface area contributed by atoms with Gasteiger partial charge in [-0.25, -0.2) is 0 Å². The third-order valence-electron chi connectivity index (χ3n) is 11.8. The Labute approximate surface area is 248 Å². The Bertz CT molecular complexity index is 1100. The van der Waals surface area contributed by atoms with Crippen LogP contribution < -0.4 is 4.90 Å². The topological polar surface area (TPSA) is 70.1 Å². The zero-order valence-corrected chi connectivity index (χ0v) is 26.6. The number of hydrogen-bond donors (Lipinski definition) is 1. The first-order chi connectivity index (χ1) is 19.4. The molecule has 0 heterocycles. The lowest BCUT2D eigenvalue weighted by molar-refractivity contribution is -0.207. The van der Waals surface area contributed by atoms with E-state index in [1.165, 1.54) is 5.69 Å². The summed E-state index contributed by atoms with van der Waals surface area (Å²) in [6, 6.07) is 8.60. The minimum absolute atomic E-state index is 0.0332. The Morgan fingerprint density at radius 3 is 2.34 bits per heavy atom. The fraction of sp³-hybridized carbons (Fsp3) is 0.714. The van der Waals surface area contributed by atoms with Gasteiger partial charge in [-0.3, -0.25) is 14.5 Å². The van der Waals surface area contributed by atoms with Gasteiger partial charge in [0.25, 0.3) is 0 Å². The molecule has 1 aromatic carbocycles. The summed E-state index contributed by atoms with van der Waals surface area (Å²) in [5, 5.41) is 11.7. The Morgan fingerprint density at radius 1 is 1.10 bits per heavy atom. The molecule has 3 fully saturated rings. The van der Waals surface area contributed by atoms with Gasteiger partial charge in [-0.2, -0.15) is 0 Å². The molecule has 0 aliphatic heterocycles. The van der Waals surface area contributed by atoms with Crippen LogP contribution in [0.15, 0.2) is 36.9 Å². The van der Waals surface area contributed by atoms with E-state index in [4.69, 9.17) is 4.74 Å². The maximum atomic E-state index is 13.7. The average Bonchev–Trinajstić information content (AvgIpc) is 3.32. The van der Waals surface area contributed by atoms with Crippen LogP contribution in [0.2, 0.25) is 0 Å². The standard InChI is InChI=1S/C35H54N2O4/c1-9-33(7)21-29(34(8)24(5)17-19-35(25(6)32(33)40)20-18-28(38)31(34)35)41-30(39)23-36(10-2)22-26-13-15-27(16-14-26)37(11-3)12-4/h9,13-16,24-25,29,31-32,40H,1,10-12,17-23H2,2-8H3/t24-,25+,29-,31?,32+,33-,34+,35+/m1/s1. The van der Waals surface area contributed by atoms with Crippen LogP contribution in [0.4, 0.5) is 5.69 Å². The van der Waals surface area contributed by atoms with Crippen molar-refractivity contribution in [2.24, 2.45) is 34.0 Å². The van der Waals surface area contributed by atoms with Crippen LogP contribution in [0.25, 0.3) is 0 Å². The molecule has 3 aliphatic rings. The minimum Gasteiger partial charge on any atom is -0.461 e. The van der Waals surface area contributed by atoms with Crippen LogP contribution >= 0.6 is 0 Å². The molecule has 1 N–H and O–H groups in total. The quantitative estimate of drug-likeness (QED) is 0.266. The highest BCUT2D eigenvalue weighted by Crippen LogP contribution is 2.68.